The summed E-state index contributed by atoms with van der Waals surface area (Å²) in [6.07, 6.45) is 0.0333. The van der Waals surface area contributed by atoms with E-state index in [0.29, 0.717) is 30.2 Å². The third-order valence-electron chi connectivity index (χ3n) is 3.64. The highest BCUT2D eigenvalue weighted by molar-refractivity contribution is 5.94. The van der Waals surface area contributed by atoms with Crippen LogP contribution in [0.5, 0.6) is 17.2 Å². The van der Waals surface area contributed by atoms with Crippen molar-refractivity contribution < 1.29 is 19.0 Å². The molecule has 2 rings (SSSR count). The molecule has 0 aliphatic heterocycles. The zero-order valence-electron chi connectivity index (χ0n) is 16.1. The summed E-state index contributed by atoms with van der Waals surface area (Å²) in [4.78, 5) is 12.3. The molecule has 1 amide bonds. The van der Waals surface area contributed by atoms with Gasteiger partial charge in [0, 0.05) is 5.56 Å². The molecule has 0 saturated carbocycles. The number of hydrogen-bond donors (Lipinski definition) is 1. The van der Waals surface area contributed by atoms with E-state index in [9.17, 15) is 4.79 Å². The van der Waals surface area contributed by atoms with E-state index in [1.807, 2.05) is 39.8 Å². The van der Waals surface area contributed by atoms with Crippen LogP contribution in [0.1, 0.15) is 35.3 Å². The topological polar surface area (TPSA) is 56.8 Å². The molecule has 5 heteroatoms. The molecule has 0 fully saturated rings. The van der Waals surface area contributed by atoms with Gasteiger partial charge in [-0.3, -0.25) is 4.79 Å². The molecule has 0 unspecified atom stereocenters. The molecule has 0 aromatic heterocycles. The van der Waals surface area contributed by atoms with Crippen LogP contribution in [0.4, 0.5) is 0 Å². The van der Waals surface area contributed by atoms with Gasteiger partial charge in [0.1, 0.15) is 12.4 Å². The Balaban J connectivity index is 1.89. The summed E-state index contributed by atoms with van der Waals surface area (Å²) < 4.78 is 16.7. The maximum absolute atomic E-state index is 12.3. The highest BCUT2D eigenvalue weighted by Crippen LogP contribution is 2.28. The van der Waals surface area contributed by atoms with E-state index >= 15 is 0 Å². The average Bonchev–Trinajstić information content (AvgIpc) is 2.57. The number of benzene rings is 2. The number of methoxy groups -OCH3 is 1. The Kier molecular flexibility index (Phi) is 6.89. The van der Waals surface area contributed by atoms with E-state index in [2.05, 4.69) is 11.4 Å². The van der Waals surface area contributed by atoms with Gasteiger partial charge in [-0.15, -0.1) is 0 Å². The minimum Gasteiger partial charge on any atom is -0.493 e. The van der Waals surface area contributed by atoms with Crippen LogP contribution in [-0.2, 0) is 0 Å². The van der Waals surface area contributed by atoms with Crippen molar-refractivity contribution in [3.8, 4) is 17.2 Å². The molecule has 26 heavy (non-hydrogen) atoms. The fourth-order valence-corrected chi connectivity index (χ4v) is 2.61. The van der Waals surface area contributed by atoms with Crippen molar-refractivity contribution in [2.45, 2.75) is 33.8 Å². The van der Waals surface area contributed by atoms with Crippen molar-refractivity contribution in [1.29, 1.82) is 0 Å². The summed E-state index contributed by atoms with van der Waals surface area (Å²) in [7, 11) is 1.56. The van der Waals surface area contributed by atoms with Crippen molar-refractivity contribution in [2.24, 2.45) is 0 Å². The third kappa shape index (κ3) is 5.69. The van der Waals surface area contributed by atoms with E-state index < -0.39 is 0 Å². The molecule has 140 valence electrons. The fourth-order valence-electron chi connectivity index (χ4n) is 2.61. The van der Waals surface area contributed by atoms with Gasteiger partial charge in [0.05, 0.1) is 19.8 Å². The Morgan fingerprint density at radius 2 is 1.73 bits per heavy atom. The molecule has 1 N–H and O–H groups in total. The molecular formula is C21H27NO4. The Bertz CT molecular complexity index is 735. The first-order valence-electron chi connectivity index (χ1n) is 8.73. The number of ether oxygens (including phenoxy) is 3. The van der Waals surface area contributed by atoms with Gasteiger partial charge < -0.3 is 19.5 Å². The van der Waals surface area contributed by atoms with E-state index in [-0.39, 0.29) is 12.0 Å². The van der Waals surface area contributed by atoms with Gasteiger partial charge in [0.2, 0.25) is 0 Å². The van der Waals surface area contributed by atoms with Crippen LogP contribution in [0.15, 0.2) is 36.4 Å². The van der Waals surface area contributed by atoms with E-state index in [1.165, 1.54) is 0 Å². The smallest absolute Gasteiger partial charge is 0.251 e. The second-order valence-electron chi connectivity index (χ2n) is 6.46. The average molecular weight is 357 g/mol. The van der Waals surface area contributed by atoms with Crippen LogP contribution in [-0.4, -0.2) is 32.3 Å². The van der Waals surface area contributed by atoms with Crippen LogP contribution < -0.4 is 19.5 Å². The standard InChI is InChI=1S/C21H27NO4/c1-14(2)26-19-7-6-17(13-20(19)24-5)21(23)22-8-9-25-18-11-15(3)10-16(4)12-18/h6-7,10-14H,8-9H2,1-5H3,(H,22,23). The summed E-state index contributed by atoms with van der Waals surface area (Å²) in [5.74, 6) is 1.80. The first-order chi connectivity index (χ1) is 12.4. The Morgan fingerprint density at radius 3 is 2.35 bits per heavy atom. The minimum absolute atomic E-state index is 0.0333. The van der Waals surface area contributed by atoms with Crippen LogP contribution in [0.3, 0.4) is 0 Å². The molecule has 2 aromatic carbocycles. The van der Waals surface area contributed by atoms with E-state index in [4.69, 9.17) is 14.2 Å². The van der Waals surface area contributed by atoms with Crippen LogP contribution in [0.2, 0.25) is 0 Å². The van der Waals surface area contributed by atoms with Gasteiger partial charge in [-0.1, -0.05) is 6.07 Å². The lowest BCUT2D eigenvalue weighted by molar-refractivity contribution is 0.0946. The molecule has 2 aromatic rings. The van der Waals surface area contributed by atoms with Crippen LogP contribution >= 0.6 is 0 Å². The van der Waals surface area contributed by atoms with Crippen molar-refractivity contribution in [3.63, 3.8) is 0 Å². The number of carbonyl (C=O) groups excluding carboxylic acids is 1. The monoisotopic (exact) mass is 357 g/mol. The van der Waals surface area contributed by atoms with Gasteiger partial charge in [-0.05, 0) is 69.2 Å². The molecule has 0 spiro atoms. The SMILES string of the molecule is COc1cc(C(=O)NCCOc2cc(C)cc(C)c2)ccc1OC(C)C. The zero-order valence-corrected chi connectivity index (χ0v) is 16.1. The number of carbonyl (C=O) groups is 1. The lowest BCUT2D eigenvalue weighted by Gasteiger charge is -2.14. The Morgan fingerprint density at radius 1 is 1.04 bits per heavy atom. The maximum Gasteiger partial charge on any atom is 0.251 e. The zero-order chi connectivity index (χ0) is 19.1. The normalized spacial score (nSPS) is 10.5. The van der Waals surface area contributed by atoms with Gasteiger partial charge in [0.25, 0.3) is 5.91 Å². The van der Waals surface area contributed by atoms with Crippen LogP contribution in [0, 0.1) is 13.8 Å². The van der Waals surface area contributed by atoms with Gasteiger partial charge in [0.15, 0.2) is 11.5 Å². The number of aryl methyl sites for hydroxylation is 2. The molecular weight excluding hydrogens is 330 g/mol. The quantitative estimate of drug-likeness (QED) is 0.728. The highest BCUT2D eigenvalue weighted by Gasteiger charge is 2.12. The predicted octanol–water partition coefficient (Wildman–Crippen LogP) is 3.91. The summed E-state index contributed by atoms with van der Waals surface area (Å²) in [5, 5.41) is 2.85. The van der Waals surface area contributed by atoms with Gasteiger partial charge in [-0.25, -0.2) is 0 Å². The molecule has 0 atom stereocenters. The summed E-state index contributed by atoms with van der Waals surface area (Å²) in [6.45, 7) is 8.76. The van der Waals surface area contributed by atoms with Gasteiger partial charge >= 0.3 is 0 Å². The van der Waals surface area contributed by atoms with Crippen LogP contribution in [0.25, 0.3) is 0 Å². The maximum atomic E-state index is 12.3. The predicted molar refractivity (Wildman–Crippen MR) is 103 cm³/mol. The molecule has 0 bridgehead atoms. The Hall–Kier alpha value is -2.69. The highest BCUT2D eigenvalue weighted by atomic mass is 16.5. The molecule has 0 aliphatic rings. The summed E-state index contributed by atoms with van der Waals surface area (Å²) >= 11 is 0. The number of rotatable bonds is 8. The second kappa shape index (κ2) is 9.13. The minimum atomic E-state index is -0.177. The van der Waals surface area contributed by atoms with Crippen molar-refractivity contribution in [1.82, 2.24) is 5.32 Å². The Labute approximate surface area is 155 Å². The molecule has 0 heterocycles. The van der Waals surface area contributed by atoms with Crippen molar-refractivity contribution >= 4 is 5.91 Å². The lowest BCUT2D eigenvalue weighted by Crippen LogP contribution is -2.28. The second-order valence-corrected chi connectivity index (χ2v) is 6.46. The number of nitrogens with one attached hydrogen (secondary N) is 1. The third-order valence-corrected chi connectivity index (χ3v) is 3.64. The lowest BCUT2D eigenvalue weighted by atomic mass is 10.1. The first-order valence-corrected chi connectivity index (χ1v) is 8.73. The summed E-state index contributed by atoms with van der Waals surface area (Å²) in [5.41, 5.74) is 2.82. The first kappa shape index (κ1) is 19.6. The fraction of sp³-hybridized carbons (Fsp3) is 0.381. The van der Waals surface area contributed by atoms with Gasteiger partial charge in [-0.2, -0.15) is 0 Å². The van der Waals surface area contributed by atoms with E-state index in [1.54, 1.807) is 25.3 Å². The summed E-state index contributed by atoms with van der Waals surface area (Å²) in [6, 6.07) is 11.2. The molecule has 5 nitrogen and oxygen atoms in total. The number of hydrogen-bond acceptors (Lipinski definition) is 4. The van der Waals surface area contributed by atoms with E-state index in [0.717, 1.165) is 16.9 Å². The number of amides is 1. The van der Waals surface area contributed by atoms with Crippen molar-refractivity contribution in [3.05, 3.63) is 53.1 Å². The largest absolute Gasteiger partial charge is 0.493 e. The molecule has 0 saturated heterocycles. The molecule has 0 aliphatic carbocycles. The molecule has 0 radical (unpaired) electrons. The van der Waals surface area contributed by atoms with Crippen molar-refractivity contribution in [2.75, 3.05) is 20.3 Å².